The number of aliphatic hydroxyl groups excluding tert-OH is 1. The Morgan fingerprint density at radius 3 is 2.53 bits per heavy atom. The molecular weight excluding hydrogens is 236 g/mol. The minimum absolute atomic E-state index is 0.239. The highest BCUT2D eigenvalue weighted by Crippen LogP contribution is 2.22. The van der Waals surface area contributed by atoms with Gasteiger partial charge in [0.2, 0.25) is 0 Å². The predicted molar refractivity (Wildman–Crippen MR) is 54.1 cm³/mol. The summed E-state index contributed by atoms with van der Waals surface area (Å²) in [6.45, 7) is -2.42. The minimum atomic E-state index is -3.41. The molecule has 0 fully saturated rings. The van der Waals surface area contributed by atoms with Crippen molar-refractivity contribution >= 4 is 5.91 Å². The molecule has 1 aromatic rings. The van der Waals surface area contributed by atoms with Crippen LogP contribution in [0.15, 0.2) is 18.2 Å². The first-order valence-electron chi connectivity index (χ1n) is 4.64. The average molecular weight is 247 g/mol. The zero-order chi connectivity index (χ0) is 13.1. The number of rotatable bonds is 4. The maximum Gasteiger partial charge on any atom is 0.287 e. The zero-order valence-electron chi connectivity index (χ0n) is 8.65. The highest BCUT2D eigenvalue weighted by Gasteiger charge is 2.28. The zero-order valence-corrected chi connectivity index (χ0v) is 8.65. The Bertz CT molecular complexity index is 423. The number of hydrogen-bond acceptors (Lipinski definition) is 4. The summed E-state index contributed by atoms with van der Waals surface area (Å²) in [5.74, 6) is -5.10. The molecule has 17 heavy (non-hydrogen) atoms. The normalized spacial score (nSPS) is 11.2. The van der Waals surface area contributed by atoms with Crippen molar-refractivity contribution in [3.8, 4) is 11.5 Å². The minimum Gasteiger partial charge on any atom is -0.508 e. The van der Waals surface area contributed by atoms with Gasteiger partial charge < -0.3 is 20.6 Å². The Morgan fingerprint density at radius 1 is 1.35 bits per heavy atom. The molecule has 0 saturated heterocycles. The summed E-state index contributed by atoms with van der Waals surface area (Å²) >= 11 is 0. The third-order valence-corrected chi connectivity index (χ3v) is 1.96. The molecule has 0 spiro atoms. The number of aromatic hydroxyl groups is 2. The lowest BCUT2D eigenvalue weighted by atomic mass is 10.1. The summed E-state index contributed by atoms with van der Waals surface area (Å²) in [6, 6.07) is 3.15. The Balaban J connectivity index is 2.71. The number of carbonyl (C=O) groups excluding carboxylic acids is 1. The van der Waals surface area contributed by atoms with Crippen LogP contribution in [0, 0.1) is 0 Å². The van der Waals surface area contributed by atoms with E-state index in [2.05, 4.69) is 0 Å². The number of phenolic OH excluding ortho intramolecular Hbond substituents is 2. The molecule has 0 aromatic heterocycles. The first-order chi connectivity index (χ1) is 7.85. The number of nitrogens with one attached hydrogen (secondary N) is 1. The number of aliphatic hydroxyl groups is 1. The molecule has 5 nitrogen and oxygen atoms in total. The van der Waals surface area contributed by atoms with Crippen molar-refractivity contribution < 1.29 is 28.9 Å². The van der Waals surface area contributed by atoms with Crippen molar-refractivity contribution in [1.29, 1.82) is 0 Å². The van der Waals surface area contributed by atoms with E-state index in [1.54, 1.807) is 0 Å². The van der Waals surface area contributed by atoms with E-state index in [1.165, 1.54) is 0 Å². The van der Waals surface area contributed by atoms with Gasteiger partial charge >= 0.3 is 0 Å². The van der Waals surface area contributed by atoms with Gasteiger partial charge in [0.15, 0.2) is 0 Å². The number of phenols is 2. The van der Waals surface area contributed by atoms with E-state index in [-0.39, 0.29) is 11.3 Å². The third-order valence-electron chi connectivity index (χ3n) is 1.96. The second-order valence-electron chi connectivity index (χ2n) is 3.40. The van der Waals surface area contributed by atoms with Crippen molar-refractivity contribution in [2.75, 3.05) is 13.2 Å². The SMILES string of the molecule is O=C(NCC(F)(F)CO)c1ccc(O)cc1O. The van der Waals surface area contributed by atoms with Gasteiger partial charge in [-0.05, 0) is 12.1 Å². The maximum absolute atomic E-state index is 12.6. The van der Waals surface area contributed by atoms with Gasteiger partial charge in [0, 0.05) is 6.07 Å². The lowest BCUT2D eigenvalue weighted by Gasteiger charge is -2.14. The molecule has 1 amide bonds. The van der Waals surface area contributed by atoms with E-state index in [0.717, 1.165) is 18.2 Å². The maximum atomic E-state index is 12.6. The van der Waals surface area contributed by atoms with Crippen molar-refractivity contribution in [3.05, 3.63) is 23.8 Å². The largest absolute Gasteiger partial charge is 0.508 e. The van der Waals surface area contributed by atoms with Gasteiger partial charge in [-0.1, -0.05) is 0 Å². The van der Waals surface area contributed by atoms with Gasteiger partial charge in [0.25, 0.3) is 11.8 Å². The highest BCUT2D eigenvalue weighted by molar-refractivity contribution is 5.97. The molecule has 0 unspecified atom stereocenters. The molecule has 1 aromatic carbocycles. The molecule has 0 saturated carbocycles. The van der Waals surface area contributed by atoms with Gasteiger partial charge in [-0.25, -0.2) is 8.78 Å². The Kier molecular flexibility index (Phi) is 3.84. The number of amides is 1. The molecule has 0 aliphatic heterocycles. The molecule has 4 N–H and O–H groups in total. The van der Waals surface area contributed by atoms with Gasteiger partial charge in [-0.15, -0.1) is 0 Å². The summed E-state index contributed by atoms with van der Waals surface area (Å²) in [7, 11) is 0. The van der Waals surface area contributed by atoms with Gasteiger partial charge in [-0.2, -0.15) is 0 Å². The third kappa shape index (κ3) is 3.56. The number of hydrogen-bond donors (Lipinski definition) is 4. The predicted octanol–water partition coefficient (Wildman–Crippen LogP) is 0.455. The van der Waals surface area contributed by atoms with Gasteiger partial charge in [-0.3, -0.25) is 4.79 Å². The molecule has 0 heterocycles. The number of carbonyl (C=O) groups is 1. The standard InChI is InChI=1S/C10H11F2NO4/c11-10(12,5-14)4-13-9(17)7-2-1-6(15)3-8(7)16/h1-3,14-16H,4-5H2,(H,13,17). The topological polar surface area (TPSA) is 89.8 Å². The van der Waals surface area contributed by atoms with E-state index >= 15 is 0 Å². The Hall–Kier alpha value is -1.89. The molecule has 94 valence electrons. The van der Waals surface area contributed by atoms with Crippen molar-refractivity contribution in [2.24, 2.45) is 0 Å². The van der Waals surface area contributed by atoms with Crippen LogP contribution in [0.4, 0.5) is 8.78 Å². The fourth-order valence-electron chi connectivity index (χ4n) is 1.07. The van der Waals surface area contributed by atoms with Gasteiger partial charge in [0.05, 0.1) is 12.1 Å². The summed E-state index contributed by atoms with van der Waals surface area (Å²) in [5, 5.41) is 28.4. The first kappa shape index (κ1) is 13.2. The summed E-state index contributed by atoms with van der Waals surface area (Å²) in [6.07, 6.45) is 0. The lowest BCUT2D eigenvalue weighted by Crippen LogP contribution is -2.38. The number of alkyl halides is 2. The summed E-state index contributed by atoms with van der Waals surface area (Å²) in [5.41, 5.74) is -0.239. The summed E-state index contributed by atoms with van der Waals surface area (Å²) in [4.78, 5) is 11.4. The smallest absolute Gasteiger partial charge is 0.287 e. The van der Waals surface area contributed by atoms with Crippen LogP contribution in [-0.4, -0.2) is 40.3 Å². The van der Waals surface area contributed by atoms with Crippen LogP contribution >= 0.6 is 0 Å². The van der Waals surface area contributed by atoms with Crippen molar-refractivity contribution in [3.63, 3.8) is 0 Å². The van der Waals surface area contributed by atoms with Crippen LogP contribution in [0.5, 0.6) is 11.5 Å². The molecule has 0 atom stereocenters. The Morgan fingerprint density at radius 2 is 2.00 bits per heavy atom. The van der Waals surface area contributed by atoms with E-state index in [0.29, 0.717) is 0 Å². The molecule has 0 aliphatic rings. The monoisotopic (exact) mass is 247 g/mol. The Labute approximate surface area is 95.3 Å². The first-order valence-corrected chi connectivity index (χ1v) is 4.64. The van der Waals surface area contributed by atoms with Crippen molar-refractivity contribution in [2.45, 2.75) is 5.92 Å². The second kappa shape index (κ2) is 4.96. The fourth-order valence-corrected chi connectivity index (χ4v) is 1.07. The van der Waals surface area contributed by atoms with Crippen LogP contribution in [0.1, 0.15) is 10.4 Å². The average Bonchev–Trinajstić information content (AvgIpc) is 2.26. The van der Waals surface area contributed by atoms with Gasteiger partial charge in [0.1, 0.15) is 18.1 Å². The molecule has 0 radical (unpaired) electrons. The van der Waals surface area contributed by atoms with Crippen LogP contribution in [0.3, 0.4) is 0 Å². The van der Waals surface area contributed by atoms with E-state index in [1.807, 2.05) is 5.32 Å². The lowest BCUT2D eigenvalue weighted by molar-refractivity contribution is -0.0462. The second-order valence-corrected chi connectivity index (χ2v) is 3.40. The van der Waals surface area contributed by atoms with Crippen LogP contribution in [-0.2, 0) is 0 Å². The molecule has 0 aliphatic carbocycles. The van der Waals surface area contributed by atoms with Crippen molar-refractivity contribution in [1.82, 2.24) is 5.32 Å². The van der Waals surface area contributed by atoms with Crippen LogP contribution in [0.2, 0.25) is 0 Å². The fraction of sp³-hybridized carbons (Fsp3) is 0.300. The quantitative estimate of drug-likeness (QED) is 0.622. The van der Waals surface area contributed by atoms with Crippen LogP contribution < -0.4 is 5.32 Å². The number of halogens is 2. The summed E-state index contributed by atoms with van der Waals surface area (Å²) < 4.78 is 25.3. The van der Waals surface area contributed by atoms with E-state index in [9.17, 15) is 18.7 Å². The molecule has 0 bridgehead atoms. The number of benzene rings is 1. The highest BCUT2D eigenvalue weighted by atomic mass is 19.3. The molecular formula is C10H11F2NO4. The molecule has 1 rings (SSSR count). The van der Waals surface area contributed by atoms with E-state index in [4.69, 9.17) is 10.2 Å². The van der Waals surface area contributed by atoms with Crippen LogP contribution in [0.25, 0.3) is 0 Å². The van der Waals surface area contributed by atoms with E-state index < -0.39 is 30.7 Å². The molecule has 7 heteroatoms.